The van der Waals surface area contributed by atoms with E-state index >= 15 is 0 Å². The smallest absolute Gasteiger partial charge is 0.251 e. The maximum Gasteiger partial charge on any atom is 0.251 e. The Bertz CT molecular complexity index is 975. The molecule has 1 aromatic carbocycles. The second-order valence-corrected chi connectivity index (χ2v) is 7.90. The molecule has 1 amide bonds. The fourth-order valence-electron chi connectivity index (χ4n) is 3.17. The minimum absolute atomic E-state index is 0.0649. The summed E-state index contributed by atoms with van der Waals surface area (Å²) in [5.41, 5.74) is 3.33. The average molecular weight is 393 g/mol. The SMILES string of the molecule is CC(C)NCCNC(=O)c1ccc(-c2cnc3ccc(NCC4CC4)nn23)cc1. The van der Waals surface area contributed by atoms with E-state index < -0.39 is 0 Å². The van der Waals surface area contributed by atoms with E-state index in [-0.39, 0.29) is 5.91 Å². The van der Waals surface area contributed by atoms with Crippen molar-refractivity contribution in [2.24, 2.45) is 5.92 Å². The molecule has 2 heterocycles. The van der Waals surface area contributed by atoms with E-state index in [0.29, 0.717) is 18.2 Å². The highest BCUT2D eigenvalue weighted by Gasteiger charge is 2.20. The van der Waals surface area contributed by atoms with Crippen LogP contribution in [0.1, 0.15) is 37.0 Å². The fraction of sp³-hybridized carbons (Fsp3) is 0.409. The summed E-state index contributed by atoms with van der Waals surface area (Å²) >= 11 is 0. The van der Waals surface area contributed by atoms with E-state index in [2.05, 4.69) is 39.9 Å². The highest BCUT2D eigenvalue weighted by molar-refractivity contribution is 5.94. The summed E-state index contributed by atoms with van der Waals surface area (Å²) in [6.45, 7) is 6.50. The van der Waals surface area contributed by atoms with Gasteiger partial charge >= 0.3 is 0 Å². The van der Waals surface area contributed by atoms with Gasteiger partial charge in [-0.05, 0) is 43.0 Å². The summed E-state index contributed by atoms with van der Waals surface area (Å²) in [5, 5.41) is 14.3. The lowest BCUT2D eigenvalue weighted by Crippen LogP contribution is -2.34. The summed E-state index contributed by atoms with van der Waals surface area (Å²) in [5.74, 6) is 1.58. The van der Waals surface area contributed by atoms with Gasteiger partial charge in [0.2, 0.25) is 0 Å². The Morgan fingerprint density at radius 1 is 1.14 bits per heavy atom. The Morgan fingerprint density at radius 3 is 2.66 bits per heavy atom. The molecule has 0 aliphatic heterocycles. The van der Waals surface area contributed by atoms with Crippen LogP contribution in [0.25, 0.3) is 16.9 Å². The first-order valence-corrected chi connectivity index (χ1v) is 10.3. The van der Waals surface area contributed by atoms with Crippen LogP contribution in [0.5, 0.6) is 0 Å². The van der Waals surface area contributed by atoms with Gasteiger partial charge in [0.05, 0.1) is 11.9 Å². The van der Waals surface area contributed by atoms with Crippen molar-refractivity contribution in [1.29, 1.82) is 0 Å². The quantitative estimate of drug-likeness (QED) is 0.488. The van der Waals surface area contributed by atoms with Crippen LogP contribution < -0.4 is 16.0 Å². The molecule has 0 bridgehead atoms. The van der Waals surface area contributed by atoms with Gasteiger partial charge in [0.25, 0.3) is 5.91 Å². The molecule has 1 aliphatic rings. The predicted molar refractivity (Wildman–Crippen MR) is 115 cm³/mol. The van der Waals surface area contributed by atoms with Gasteiger partial charge in [-0.25, -0.2) is 9.50 Å². The first kappa shape index (κ1) is 19.4. The molecule has 3 aromatic rings. The number of imidazole rings is 1. The molecule has 7 nitrogen and oxygen atoms in total. The summed E-state index contributed by atoms with van der Waals surface area (Å²) in [6.07, 6.45) is 4.43. The average Bonchev–Trinajstić information content (AvgIpc) is 3.47. The van der Waals surface area contributed by atoms with Crippen molar-refractivity contribution in [3.8, 4) is 11.3 Å². The van der Waals surface area contributed by atoms with Crippen LogP contribution in [-0.4, -0.2) is 46.2 Å². The predicted octanol–water partition coefficient (Wildman–Crippen LogP) is 2.95. The molecule has 0 saturated heterocycles. The molecule has 0 radical (unpaired) electrons. The standard InChI is InChI=1S/C22H28N6O/c1-15(2)23-11-12-24-22(29)18-7-5-17(6-8-18)19-14-26-21-10-9-20(27-28(19)21)25-13-16-3-4-16/h5-10,14-16,23H,3-4,11-13H2,1-2H3,(H,24,29)(H,25,27). The van der Waals surface area contributed by atoms with Crippen molar-refractivity contribution in [3.63, 3.8) is 0 Å². The third kappa shape index (κ3) is 4.92. The molecule has 2 aromatic heterocycles. The van der Waals surface area contributed by atoms with E-state index in [1.165, 1.54) is 12.8 Å². The monoisotopic (exact) mass is 392 g/mol. The Labute approximate surface area is 170 Å². The molecule has 29 heavy (non-hydrogen) atoms. The lowest BCUT2D eigenvalue weighted by molar-refractivity contribution is 0.0953. The van der Waals surface area contributed by atoms with Crippen LogP contribution in [0.3, 0.4) is 0 Å². The zero-order chi connectivity index (χ0) is 20.2. The highest BCUT2D eigenvalue weighted by atomic mass is 16.1. The van der Waals surface area contributed by atoms with Crippen LogP contribution in [0.2, 0.25) is 0 Å². The molecule has 4 rings (SSSR count). The van der Waals surface area contributed by atoms with E-state index in [1.807, 2.05) is 47.1 Å². The third-order valence-corrected chi connectivity index (χ3v) is 5.04. The zero-order valence-electron chi connectivity index (χ0n) is 17.0. The van der Waals surface area contributed by atoms with Crippen molar-refractivity contribution in [2.75, 3.05) is 25.0 Å². The topological polar surface area (TPSA) is 83.3 Å². The second-order valence-electron chi connectivity index (χ2n) is 7.90. The lowest BCUT2D eigenvalue weighted by Gasteiger charge is -2.09. The first-order chi connectivity index (χ1) is 14.1. The minimum Gasteiger partial charge on any atom is -0.368 e. The maximum atomic E-state index is 12.3. The Balaban J connectivity index is 1.44. The van der Waals surface area contributed by atoms with Gasteiger partial charge < -0.3 is 16.0 Å². The number of nitrogens with one attached hydrogen (secondary N) is 3. The van der Waals surface area contributed by atoms with Gasteiger partial charge in [-0.2, -0.15) is 0 Å². The minimum atomic E-state index is -0.0649. The number of aromatic nitrogens is 3. The molecular weight excluding hydrogens is 364 g/mol. The molecule has 0 unspecified atom stereocenters. The number of fused-ring (bicyclic) bond motifs is 1. The second kappa shape index (κ2) is 8.61. The molecule has 152 valence electrons. The first-order valence-electron chi connectivity index (χ1n) is 10.3. The third-order valence-electron chi connectivity index (χ3n) is 5.04. The molecule has 0 atom stereocenters. The van der Waals surface area contributed by atoms with Crippen LogP contribution in [0.4, 0.5) is 5.82 Å². The van der Waals surface area contributed by atoms with E-state index in [1.54, 1.807) is 0 Å². The van der Waals surface area contributed by atoms with Crippen LogP contribution in [0, 0.1) is 5.92 Å². The number of nitrogens with zero attached hydrogens (tertiary/aromatic N) is 3. The van der Waals surface area contributed by atoms with E-state index in [9.17, 15) is 4.79 Å². The normalized spacial score (nSPS) is 13.8. The Morgan fingerprint density at radius 2 is 1.93 bits per heavy atom. The van der Waals surface area contributed by atoms with Gasteiger partial charge in [-0.15, -0.1) is 5.10 Å². The van der Waals surface area contributed by atoms with Gasteiger partial charge in [0.15, 0.2) is 5.65 Å². The Hall–Kier alpha value is -2.93. The molecule has 1 fully saturated rings. The number of rotatable bonds is 9. The molecule has 1 saturated carbocycles. The number of benzene rings is 1. The van der Waals surface area contributed by atoms with Crippen LogP contribution >= 0.6 is 0 Å². The number of carbonyl (C=O) groups is 1. The summed E-state index contributed by atoms with van der Waals surface area (Å²) in [6, 6.07) is 11.9. The van der Waals surface area contributed by atoms with Crippen molar-refractivity contribution in [2.45, 2.75) is 32.7 Å². The van der Waals surface area contributed by atoms with Crippen molar-refractivity contribution in [1.82, 2.24) is 25.2 Å². The number of hydrogen-bond donors (Lipinski definition) is 3. The molecule has 1 aliphatic carbocycles. The van der Waals surface area contributed by atoms with Crippen molar-refractivity contribution in [3.05, 3.63) is 48.2 Å². The maximum absolute atomic E-state index is 12.3. The lowest BCUT2D eigenvalue weighted by atomic mass is 10.1. The van der Waals surface area contributed by atoms with Gasteiger partial charge in [-0.3, -0.25) is 4.79 Å². The Kier molecular flexibility index (Phi) is 5.76. The summed E-state index contributed by atoms with van der Waals surface area (Å²) in [4.78, 5) is 16.8. The van der Waals surface area contributed by atoms with Gasteiger partial charge in [0.1, 0.15) is 5.82 Å². The van der Waals surface area contributed by atoms with Crippen molar-refractivity contribution < 1.29 is 4.79 Å². The van der Waals surface area contributed by atoms with E-state index in [0.717, 1.165) is 41.7 Å². The molecule has 7 heteroatoms. The summed E-state index contributed by atoms with van der Waals surface area (Å²) < 4.78 is 1.85. The number of hydrogen-bond acceptors (Lipinski definition) is 5. The fourth-order valence-corrected chi connectivity index (χ4v) is 3.17. The van der Waals surface area contributed by atoms with Crippen LogP contribution in [0.15, 0.2) is 42.6 Å². The molecule has 0 spiro atoms. The number of anilines is 1. The highest BCUT2D eigenvalue weighted by Crippen LogP contribution is 2.29. The van der Waals surface area contributed by atoms with Gasteiger partial charge in [-0.1, -0.05) is 26.0 Å². The summed E-state index contributed by atoms with van der Waals surface area (Å²) in [7, 11) is 0. The van der Waals surface area contributed by atoms with Crippen LogP contribution in [-0.2, 0) is 0 Å². The number of carbonyl (C=O) groups excluding carboxylic acids is 1. The zero-order valence-corrected chi connectivity index (χ0v) is 17.0. The number of amides is 1. The van der Waals surface area contributed by atoms with Gasteiger partial charge in [0, 0.05) is 36.8 Å². The molecule has 3 N–H and O–H groups in total. The molecular formula is C22H28N6O. The van der Waals surface area contributed by atoms with Crippen molar-refractivity contribution >= 4 is 17.4 Å². The largest absolute Gasteiger partial charge is 0.368 e. The van der Waals surface area contributed by atoms with E-state index in [4.69, 9.17) is 0 Å².